The van der Waals surface area contributed by atoms with Crippen molar-refractivity contribution in [1.29, 1.82) is 0 Å². The van der Waals surface area contributed by atoms with Crippen LogP contribution in [-0.2, 0) is 0 Å². The Labute approximate surface area is 290 Å². The molecule has 0 spiro atoms. The molecule has 0 bridgehead atoms. The van der Waals surface area contributed by atoms with Gasteiger partial charge in [-0.05, 0) is 103 Å². The first-order valence-electron chi connectivity index (χ1n) is 17.1. The Morgan fingerprint density at radius 1 is 0.340 bits per heavy atom. The van der Waals surface area contributed by atoms with E-state index in [1.165, 1.54) is 54.6 Å². The fourth-order valence-electron chi connectivity index (χ4n) is 7.66. The van der Waals surface area contributed by atoms with Crippen LogP contribution in [0, 0.1) is 0 Å². The zero-order valence-electron chi connectivity index (χ0n) is 27.3. The quantitative estimate of drug-likeness (QED) is 0.175. The smallest absolute Gasteiger partial charge is 0.137 e. The molecule has 0 aliphatic carbocycles. The molecule has 0 saturated heterocycles. The molecule has 0 aliphatic heterocycles. The van der Waals surface area contributed by atoms with E-state index in [2.05, 4.69) is 181 Å². The zero-order valence-corrected chi connectivity index (χ0v) is 27.3. The minimum atomic E-state index is 0.877. The molecule has 10 rings (SSSR count). The minimum Gasteiger partial charge on any atom is -0.456 e. The molecular formula is C48H31NO. The van der Waals surface area contributed by atoms with Gasteiger partial charge in [-0.3, -0.25) is 0 Å². The maximum atomic E-state index is 6.36. The second kappa shape index (κ2) is 11.5. The number of rotatable bonds is 5. The number of furan rings is 1. The van der Waals surface area contributed by atoms with Gasteiger partial charge in [0.05, 0.1) is 11.1 Å². The van der Waals surface area contributed by atoms with E-state index in [1.54, 1.807) is 0 Å². The van der Waals surface area contributed by atoms with E-state index < -0.39 is 0 Å². The van der Waals surface area contributed by atoms with Crippen LogP contribution in [0.25, 0.3) is 76.5 Å². The Hall–Kier alpha value is -6.64. The summed E-state index contributed by atoms with van der Waals surface area (Å²) in [5.74, 6) is 0. The minimum absolute atomic E-state index is 0.877. The molecule has 0 N–H and O–H groups in total. The van der Waals surface area contributed by atoms with Crippen molar-refractivity contribution in [3.63, 3.8) is 0 Å². The van der Waals surface area contributed by atoms with Gasteiger partial charge in [0, 0.05) is 16.8 Å². The van der Waals surface area contributed by atoms with Crippen LogP contribution in [-0.4, -0.2) is 0 Å². The van der Waals surface area contributed by atoms with E-state index in [1.807, 2.05) is 12.1 Å². The SMILES string of the molecule is c1cc(-c2ccc(N(c3ccc4c(ccc5ccccc54)c3)c3cccc4oc5ccccc5c34)cc2)cc(-c2cccc3ccccc23)c1. The van der Waals surface area contributed by atoms with E-state index in [-0.39, 0.29) is 0 Å². The Bertz CT molecular complexity index is 2870. The van der Waals surface area contributed by atoms with Crippen LogP contribution in [0.1, 0.15) is 0 Å². The molecule has 0 radical (unpaired) electrons. The Balaban J connectivity index is 1.12. The van der Waals surface area contributed by atoms with E-state index in [0.29, 0.717) is 0 Å². The van der Waals surface area contributed by atoms with Gasteiger partial charge in [0.15, 0.2) is 0 Å². The molecule has 0 amide bonds. The fourth-order valence-corrected chi connectivity index (χ4v) is 7.66. The van der Waals surface area contributed by atoms with Gasteiger partial charge in [0.2, 0.25) is 0 Å². The number of benzene rings is 9. The summed E-state index contributed by atoms with van der Waals surface area (Å²) >= 11 is 0. The second-order valence-corrected chi connectivity index (χ2v) is 12.9. The zero-order chi connectivity index (χ0) is 33.0. The van der Waals surface area contributed by atoms with E-state index in [9.17, 15) is 0 Å². The topological polar surface area (TPSA) is 16.4 Å². The maximum Gasteiger partial charge on any atom is 0.137 e. The molecule has 9 aromatic carbocycles. The monoisotopic (exact) mass is 637 g/mol. The molecule has 10 aromatic rings. The van der Waals surface area contributed by atoms with Crippen LogP contribution in [0.3, 0.4) is 0 Å². The van der Waals surface area contributed by atoms with E-state index in [0.717, 1.165) is 39.0 Å². The van der Waals surface area contributed by atoms with Crippen molar-refractivity contribution in [2.75, 3.05) is 4.90 Å². The van der Waals surface area contributed by atoms with Crippen LogP contribution in [0.15, 0.2) is 192 Å². The normalized spacial score (nSPS) is 11.6. The van der Waals surface area contributed by atoms with Gasteiger partial charge in [-0.25, -0.2) is 0 Å². The largest absolute Gasteiger partial charge is 0.456 e. The summed E-state index contributed by atoms with van der Waals surface area (Å²) in [5.41, 5.74) is 9.85. The average Bonchev–Trinajstić information content (AvgIpc) is 3.57. The lowest BCUT2D eigenvalue weighted by Crippen LogP contribution is -2.10. The van der Waals surface area contributed by atoms with Crippen molar-refractivity contribution < 1.29 is 4.42 Å². The van der Waals surface area contributed by atoms with Crippen LogP contribution in [0.5, 0.6) is 0 Å². The molecule has 2 nitrogen and oxygen atoms in total. The molecule has 0 fully saturated rings. The van der Waals surface area contributed by atoms with Crippen molar-refractivity contribution in [2.45, 2.75) is 0 Å². The van der Waals surface area contributed by atoms with Crippen molar-refractivity contribution in [3.8, 4) is 22.3 Å². The second-order valence-electron chi connectivity index (χ2n) is 12.9. The first-order valence-corrected chi connectivity index (χ1v) is 17.1. The summed E-state index contributed by atoms with van der Waals surface area (Å²) in [6.07, 6.45) is 0. The van der Waals surface area contributed by atoms with Gasteiger partial charge in [-0.2, -0.15) is 0 Å². The first kappa shape index (κ1) is 28.4. The molecule has 0 aliphatic rings. The lowest BCUT2D eigenvalue weighted by atomic mass is 9.95. The number of hydrogen-bond donors (Lipinski definition) is 0. The number of hydrogen-bond acceptors (Lipinski definition) is 2. The predicted molar refractivity (Wildman–Crippen MR) is 212 cm³/mol. The number of anilines is 3. The Morgan fingerprint density at radius 3 is 1.84 bits per heavy atom. The van der Waals surface area contributed by atoms with Crippen LogP contribution in [0.4, 0.5) is 17.1 Å². The van der Waals surface area contributed by atoms with E-state index in [4.69, 9.17) is 4.42 Å². The third kappa shape index (κ3) is 4.65. The fraction of sp³-hybridized carbons (Fsp3) is 0. The van der Waals surface area contributed by atoms with Crippen molar-refractivity contribution in [3.05, 3.63) is 188 Å². The lowest BCUT2D eigenvalue weighted by molar-refractivity contribution is 0.669. The molecule has 50 heavy (non-hydrogen) atoms. The van der Waals surface area contributed by atoms with Gasteiger partial charge in [-0.15, -0.1) is 0 Å². The summed E-state index contributed by atoms with van der Waals surface area (Å²) in [4.78, 5) is 2.37. The van der Waals surface area contributed by atoms with E-state index >= 15 is 0 Å². The summed E-state index contributed by atoms with van der Waals surface area (Å²) in [5, 5.41) is 9.70. The molecule has 0 saturated carbocycles. The number of nitrogens with zero attached hydrogens (tertiary/aromatic N) is 1. The van der Waals surface area contributed by atoms with Gasteiger partial charge in [0.1, 0.15) is 11.2 Å². The highest BCUT2D eigenvalue weighted by atomic mass is 16.3. The molecule has 0 atom stereocenters. The number of para-hydroxylation sites is 1. The van der Waals surface area contributed by atoms with Crippen molar-refractivity contribution in [1.82, 2.24) is 0 Å². The van der Waals surface area contributed by atoms with Crippen LogP contribution < -0.4 is 4.90 Å². The summed E-state index contributed by atoms with van der Waals surface area (Å²) < 4.78 is 6.36. The molecule has 1 aromatic heterocycles. The third-order valence-corrected chi connectivity index (χ3v) is 10.0. The van der Waals surface area contributed by atoms with Crippen molar-refractivity contribution in [2.24, 2.45) is 0 Å². The highest BCUT2D eigenvalue weighted by Crippen LogP contribution is 2.44. The lowest BCUT2D eigenvalue weighted by Gasteiger charge is -2.27. The average molecular weight is 638 g/mol. The molecule has 234 valence electrons. The molecular weight excluding hydrogens is 607 g/mol. The standard InChI is InChI=1S/C48H31NO/c1-3-15-40-33(10-1)12-8-18-42(40)36-14-7-13-35(30-36)32-24-26-38(27-25-32)49(45-19-9-21-47-48(45)44-17-5-6-20-46(44)50-47)39-28-29-43-37(31-39)23-22-34-11-2-4-16-41(34)43/h1-31H. The van der Waals surface area contributed by atoms with Crippen LogP contribution in [0.2, 0.25) is 0 Å². The highest BCUT2D eigenvalue weighted by Gasteiger charge is 2.20. The Kier molecular flexibility index (Phi) is 6.53. The van der Waals surface area contributed by atoms with Gasteiger partial charge in [-0.1, -0.05) is 140 Å². The van der Waals surface area contributed by atoms with Gasteiger partial charge in [0.25, 0.3) is 0 Å². The number of fused-ring (bicyclic) bond motifs is 7. The first-order chi connectivity index (χ1) is 24.8. The molecule has 2 heteroatoms. The van der Waals surface area contributed by atoms with Crippen LogP contribution >= 0.6 is 0 Å². The third-order valence-electron chi connectivity index (χ3n) is 10.0. The summed E-state index contributed by atoms with van der Waals surface area (Å²) in [7, 11) is 0. The summed E-state index contributed by atoms with van der Waals surface area (Å²) in [6, 6.07) is 67.6. The van der Waals surface area contributed by atoms with Crippen molar-refractivity contribution >= 4 is 71.3 Å². The molecule has 0 unspecified atom stereocenters. The highest BCUT2D eigenvalue weighted by molar-refractivity contribution is 6.14. The predicted octanol–water partition coefficient (Wildman–Crippen LogP) is 13.8. The van der Waals surface area contributed by atoms with Gasteiger partial charge < -0.3 is 9.32 Å². The Morgan fingerprint density at radius 2 is 0.960 bits per heavy atom. The summed E-state index contributed by atoms with van der Waals surface area (Å²) in [6.45, 7) is 0. The molecule has 1 heterocycles. The van der Waals surface area contributed by atoms with Gasteiger partial charge >= 0.3 is 0 Å². The maximum absolute atomic E-state index is 6.36.